The van der Waals surface area contributed by atoms with Crippen molar-refractivity contribution in [1.29, 1.82) is 0 Å². The molecule has 0 aliphatic heterocycles. The molecule has 1 heterocycles. The predicted octanol–water partition coefficient (Wildman–Crippen LogP) is 3.67. The van der Waals surface area contributed by atoms with Gasteiger partial charge in [0.25, 0.3) is 0 Å². The first-order chi connectivity index (χ1) is 7.65. The summed E-state index contributed by atoms with van der Waals surface area (Å²) in [5.41, 5.74) is 0. The van der Waals surface area contributed by atoms with Crippen LogP contribution in [0.1, 0.15) is 26.7 Å². The lowest BCUT2D eigenvalue weighted by molar-refractivity contribution is 0.241. The Morgan fingerprint density at radius 1 is 1.50 bits per heavy atom. The van der Waals surface area contributed by atoms with Gasteiger partial charge < -0.3 is 4.74 Å². The second kappa shape index (κ2) is 6.97. The predicted molar refractivity (Wildman–Crippen MR) is 68.4 cm³/mol. The molecule has 3 nitrogen and oxygen atoms in total. The van der Waals surface area contributed by atoms with Crippen LogP contribution in [0.15, 0.2) is 11.2 Å². The van der Waals surface area contributed by atoms with Crippen LogP contribution < -0.4 is 4.74 Å². The first-order valence-corrected chi connectivity index (χ1v) is 6.97. The Balaban J connectivity index is 2.56. The summed E-state index contributed by atoms with van der Waals surface area (Å²) in [5, 5.41) is 1.07. The number of thioether (sulfide) groups is 1. The molecule has 0 aromatic carbocycles. The Bertz CT molecular complexity index is 336. The molecule has 16 heavy (non-hydrogen) atoms. The lowest BCUT2D eigenvalue weighted by atomic mass is 10.1. The van der Waals surface area contributed by atoms with Crippen molar-refractivity contribution in [2.75, 3.05) is 12.9 Å². The fourth-order valence-electron chi connectivity index (χ4n) is 1.35. The standard InChI is InChI=1S/C11H17ClN2OS/c1-4-5-8(2)7-15-10-6-9(12)13-11(14-10)16-3/h6,8H,4-5,7H2,1-3H3. The van der Waals surface area contributed by atoms with Crippen molar-refractivity contribution in [3.8, 4) is 5.88 Å². The highest BCUT2D eigenvalue weighted by molar-refractivity contribution is 7.98. The minimum Gasteiger partial charge on any atom is -0.477 e. The average Bonchev–Trinajstić information content (AvgIpc) is 2.26. The maximum atomic E-state index is 5.86. The number of hydrogen-bond donors (Lipinski definition) is 0. The van der Waals surface area contributed by atoms with Gasteiger partial charge in [-0.3, -0.25) is 0 Å². The molecule has 0 amide bonds. The van der Waals surface area contributed by atoms with E-state index in [-0.39, 0.29) is 0 Å². The van der Waals surface area contributed by atoms with Crippen molar-refractivity contribution < 1.29 is 4.74 Å². The molecule has 0 fully saturated rings. The van der Waals surface area contributed by atoms with Crippen LogP contribution in [0.4, 0.5) is 0 Å². The van der Waals surface area contributed by atoms with Crippen molar-refractivity contribution in [2.24, 2.45) is 5.92 Å². The molecule has 1 aromatic heterocycles. The third-order valence-electron chi connectivity index (χ3n) is 2.13. The number of aromatic nitrogens is 2. The fourth-order valence-corrected chi connectivity index (χ4v) is 1.94. The summed E-state index contributed by atoms with van der Waals surface area (Å²) in [6, 6.07) is 1.65. The van der Waals surface area contributed by atoms with Crippen LogP contribution in [0.2, 0.25) is 5.15 Å². The maximum Gasteiger partial charge on any atom is 0.218 e. The molecule has 0 saturated heterocycles. The summed E-state index contributed by atoms with van der Waals surface area (Å²) >= 11 is 7.32. The van der Waals surface area contributed by atoms with E-state index in [1.165, 1.54) is 18.2 Å². The van der Waals surface area contributed by atoms with E-state index < -0.39 is 0 Å². The normalized spacial score (nSPS) is 12.5. The van der Waals surface area contributed by atoms with Crippen molar-refractivity contribution in [1.82, 2.24) is 9.97 Å². The molecule has 0 spiro atoms. The minimum atomic E-state index is 0.428. The van der Waals surface area contributed by atoms with Gasteiger partial charge in [0, 0.05) is 6.07 Å². The number of rotatable bonds is 6. The SMILES string of the molecule is CCCC(C)COc1cc(Cl)nc(SC)n1. The molecule has 1 unspecified atom stereocenters. The monoisotopic (exact) mass is 260 g/mol. The largest absolute Gasteiger partial charge is 0.477 e. The van der Waals surface area contributed by atoms with Gasteiger partial charge in [-0.25, -0.2) is 4.98 Å². The zero-order valence-electron chi connectivity index (χ0n) is 9.86. The molecule has 90 valence electrons. The number of halogens is 1. The summed E-state index contributed by atoms with van der Waals surface area (Å²) in [7, 11) is 0. The van der Waals surface area contributed by atoms with E-state index in [1.807, 2.05) is 6.26 Å². The molecule has 0 aliphatic rings. The Morgan fingerprint density at radius 3 is 2.88 bits per heavy atom. The maximum absolute atomic E-state index is 5.86. The number of hydrogen-bond acceptors (Lipinski definition) is 4. The molecule has 0 aliphatic carbocycles. The van der Waals surface area contributed by atoms with E-state index in [4.69, 9.17) is 16.3 Å². The van der Waals surface area contributed by atoms with Crippen LogP contribution in [-0.4, -0.2) is 22.8 Å². The fraction of sp³-hybridized carbons (Fsp3) is 0.636. The zero-order valence-corrected chi connectivity index (χ0v) is 11.4. The summed E-state index contributed by atoms with van der Waals surface area (Å²) in [6.45, 7) is 5.01. The van der Waals surface area contributed by atoms with E-state index in [0.29, 0.717) is 28.7 Å². The molecule has 1 rings (SSSR count). The topological polar surface area (TPSA) is 35.0 Å². The van der Waals surface area contributed by atoms with Crippen LogP contribution in [0.25, 0.3) is 0 Å². The summed E-state index contributed by atoms with van der Waals surface area (Å²) in [6.07, 6.45) is 4.24. The lowest BCUT2D eigenvalue weighted by Gasteiger charge is -2.11. The molecule has 0 saturated carbocycles. The molecule has 1 aromatic rings. The van der Waals surface area contributed by atoms with E-state index >= 15 is 0 Å². The Labute approximate surface area is 106 Å². The highest BCUT2D eigenvalue weighted by atomic mass is 35.5. The van der Waals surface area contributed by atoms with Gasteiger partial charge in [-0.2, -0.15) is 4.98 Å². The van der Waals surface area contributed by atoms with Gasteiger partial charge in [0.1, 0.15) is 5.15 Å². The number of nitrogens with zero attached hydrogens (tertiary/aromatic N) is 2. The minimum absolute atomic E-state index is 0.428. The molecule has 0 radical (unpaired) electrons. The second-order valence-electron chi connectivity index (χ2n) is 3.72. The van der Waals surface area contributed by atoms with E-state index in [2.05, 4.69) is 23.8 Å². The van der Waals surface area contributed by atoms with Gasteiger partial charge in [-0.15, -0.1) is 0 Å². The average molecular weight is 261 g/mol. The van der Waals surface area contributed by atoms with Gasteiger partial charge in [0.2, 0.25) is 5.88 Å². The van der Waals surface area contributed by atoms with Gasteiger partial charge in [-0.1, -0.05) is 43.6 Å². The lowest BCUT2D eigenvalue weighted by Crippen LogP contribution is -2.09. The molecule has 5 heteroatoms. The Hall–Kier alpha value is -0.480. The van der Waals surface area contributed by atoms with E-state index in [0.717, 1.165) is 6.42 Å². The molecular weight excluding hydrogens is 244 g/mol. The highest BCUT2D eigenvalue weighted by Crippen LogP contribution is 2.19. The molecule has 1 atom stereocenters. The molecule has 0 bridgehead atoms. The molecular formula is C11H17ClN2OS. The van der Waals surface area contributed by atoms with Crippen LogP contribution in [0.3, 0.4) is 0 Å². The highest BCUT2D eigenvalue weighted by Gasteiger charge is 2.06. The first-order valence-electron chi connectivity index (χ1n) is 5.37. The van der Waals surface area contributed by atoms with E-state index in [9.17, 15) is 0 Å². The van der Waals surface area contributed by atoms with Crippen LogP contribution in [0, 0.1) is 5.92 Å². The first kappa shape index (κ1) is 13.6. The second-order valence-corrected chi connectivity index (χ2v) is 4.88. The summed E-state index contributed by atoms with van der Waals surface area (Å²) in [4.78, 5) is 8.28. The van der Waals surface area contributed by atoms with Crippen molar-refractivity contribution >= 4 is 23.4 Å². The van der Waals surface area contributed by atoms with Gasteiger partial charge in [0.05, 0.1) is 6.61 Å². The quantitative estimate of drug-likeness (QED) is 0.444. The zero-order chi connectivity index (χ0) is 12.0. The van der Waals surface area contributed by atoms with Crippen LogP contribution in [0.5, 0.6) is 5.88 Å². The van der Waals surface area contributed by atoms with Crippen LogP contribution >= 0.6 is 23.4 Å². The van der Waals surface area contributed by atoms with Gasteiger partial charge in [0.15, 0.2) is 5.16 Å². The Morgan fingerprint density at radius 2 is 2.25 bits per heavy atom. The van der Waals surface area contributed by atoms with Gasteiger partial charge >= 0.3 is 0 Å². The van der Waals surface area contributed by atoms with Gasteiger partial charge in [-0.05, 0) is 18.6 Å². The third-order valence-corrected chi connectivity index (χ3v) is 2.87. The third kappa shape index (κ3) is 4.58. The smallest absolute Gasteiger partial charge is 0.218 e. The van der Waals surface area contributed by atoms with Crippen molar-refractivity contribution in [3.63, 3.8) is 0 Å². The molecule has 0 N–H and O–H groups in total. The number of ether oxygens (including phenoxy) is 1. The van der Waals surface area contributed by atoms with Crippen molar-refractivity contribution in [3.05, 3.63) is 11.2 Å². The Kier molecular flexibility index (Phi) is 5.91. The summed E-state index contributed by atoms with van der Waals surface area (Å²) in [5.74, 6) is 1.10. The summed E-state index contributed by atoms with van der Waals surface area (Å²) < 4.78 is 5.59. The van der Waals surface area contributed by atoms with Crippen LogP contribution in [-0.2, 0) is 0 Å². The van der Waals surface area contributed by atoms with Crippen molar-refractivity contribution in [2.45, 2.75) is 31.8 Å². The van der Waals surface area contributed by atoms with E-state index in [1.54, 1.807) is 6.07 Å².